The number of hydrogen-bond acceptors (Lipinski definition) is 5. The topological polar surface area (TPSA) is 75.9 Å². The van der Waals surface area contributed by atoms with E-state index in [1.807, 2.05) is 42.8 Å². The maximum absolute atomic E-state index is 12.5. The van der Waals surface area contributed by atoms with E-state index in [0.717, 1.165) is 59.6 Å². The number of nitrogens with zero attached hydrogens (tertiary/aromatic N) is 5. The van der Waals surface area contributed by atoms with Gasteiger partial charge in [0, 0.05) is 24.7 Å². The molecule has 8 heteroatoms. The minimum Gasteiger partial charge on any atom is -0.356 e. The lowest BCUT2D eigenvalue weighted by atomic mass is 9.97. The van der Waals surface area contributed by atoms with Crippen molar-refractivity contribution < 1.29 is 4.79 Å². The van der Waals surface area contributed by atoms with Crippen LogP contribution in [0.25, 0.3) is 16.6 Å². The Morgan fingerprint density at radius 2 is 2.00 bits per heavy atom. The van der Waals surface area contributed by atoms with Crippen LogP contribution in [0.1, 0.15) is 37.6 Å². The van der Waals surface area contributed by atoms with Gasteiger partial charge in [0.2, 0.25) is 5.91 Å². The summed E-state index contributed by atoms with van der Waals surface area (Å²) in [6.45, 7) is 8.25. The molecule has 158 valence electrons. The molecule has 1 aliphatic heterocycles. The first-order valence-corrected chi connectivity index (χ1v) is 10.9. The van der Waals surface area contributed by atoms with E-state index in [1.54, 1.807) is 0 Å². The number of rotatable bonds is 5. The van der Waals surface area contributed by atoms with Gasteiger partial charge in [-0.3, -0.25) is 4.79 Å². The van der Waals surface area contributed by atoms with Crippen molar-refractivity contribution in [1.82, 2.24) is 25.3 Å². The SMILES string of the molecule is CCCNC(=O)C1CCCN(c2nnc(C)c3c(C)n(-c4ccc(Cl)cc4)nc23)C1. The molecule has 3 heterocycles. The van der Waals surface area contributed by atoms with E-state index in [0.29, 0.717) is 18.1 Å². The summed E-state index contributed by atoms with van der Waals surface area (Å²) in [5, 5.41) is 18.5. The number of carbonyl (C=O) groups excluding carboxylic acids is 1. The molecule has 1 amide bonds. The molecule has 1 N–H and O–H groups in total. The minimum absolute atomic E-state index is 0.0390. The zero-order valence-corrected chi connectivity index (χ0v) is 18.4. The summed E-state index contributed by atoms with van der Waals surface area (Å²) in [6, 6.07) is 7.62. The molecular formula is C22H27ClN6O. The standard InChI is InChI=1S/C22H27ClN6O/c1-4-11-24-22(30)16-6-5-12-28(13-16)21-20-19(14(2)25-26-21)15(3)29(27-20)18-9-7-17(23)8-10-18/h7-10,16H,4-6,11-13H2,1-3H3,(H,24,30). The van der Waals surface area contributed by atoms with Crippen LogP contribution in [-0.2, 0) is 4.79 Å². The Morgan fingerprint density at radius 3 is 2.73 bits per heavy atom. The highest BCUT2D eigenvalue weighted by molar-refractivity contribution is 6.30. The van der Waals surface area contributed by atoms with Crippen LogP contribution in [0.2, 0.25) is 5.02 Å². The van der Waals surface area contributed by atoms with Gasteiger partial charge in [-0.25, -0.2) is 4.68 Å². The van der Waals surface area contributed by atoms with Crippen molar-refractivity contribution in [3.05, 3.63) is 40.7 Å². The summed E-state index contributed by atoms with van der Waals surface area (Å²) < 4.78 is 1.91. The maximum Gasteiger partial charge on any atom is 0.224 e. The second-order valence-electron chi connectivity index (χ2n) is 7.88. The molecule has 1 unspecified atom stereocenters. The van der Waals surface area contributed by atoms with Gasteiger partial charge in [-0.05, 0) is 57.4 Å². The first-order chi connectivity index (χ1) is 14.5. The Morgan fingerprint density at radius 1 is 1.23 bits per heavy atom. The van der Waals surface area contributed by atoms with Crippen molar-refractivity contribution >= 4 is 34.2 Å². The Hall–Kier alpha value is -2.67. The first-order valence-electron chi connectivity index (χ1n) is 10.5. The number of carbonyl (C=O) groups is 1. The van der Waals surface area contributed by atoms with Crippen LogP contribution in [0.15, 0.2) is 24.3 Å². The summed E-state index contributed by atoms with van der Waals surface area (Å²) in [4.78, 5) is 14.7. The third-order valence-corrected chi connectivity index (χ3v) is 5.95. The van der Waals surface area contributed by atoms with Gasteiger partial charge in [0.05, 0.1) is 28.4 Å². The highest BCUT2D eigenvalue weighted by Gasteiger charge is 2.29. The molecule has 0 bridgehead atoms. The first kappa shape index (κ1) is 20.6. The number of aromatic nitrogens is 4. The molecule has 3 aromatic rings. The largest absolute Gasteiger partial charge is 0.356 e. The van der Waals surface area contributed by atoms with Crippen molar-refractivity contribution in [2.75, 3.05) is 24.5 Å². The fraction of sp³-hybridized carbons (Fsp3) is 0.455. The molecule has 1 aromatic carbocycles. The highest BCUT2D eigenvalue weighted by atomic mass is 35.5. The number of benzene rings is 1. The quantitative estimate of drug-likeness (QED) is 0.671. The van der Waals surface area contributed by atoms with Crippen molar-refractivity contribution in [3.8, 4) is 5.69 Å². The number of anilines is 1. The van der Waals surface area contributed by atoms with Gasteiger partial charge in [0.25, 0.3) is 0 Å². The zero-order valence-electron chi connectivity index (χ0n) is 17.7. The number of aryl methyl sites for hydroxylation is 2. The third-order valence-electron chi connectivity index (χ3n) is 5.70. The average molecular weight is 427 g/mol. The Bertz CT molecular complexity index is 1060. The number of hydrogen-bond donors (Lipinski definition) is 1. The van der Waals surface area contributed by atoms with Crippen LogP contribution in [-0.4, -0.2) is 45.5 Å². The zero-order chi connectivity index (χ0) is 21.3. The Kier molecular flexibility index (Phi) is 5.90. The minimum atomic E-state index is -0.0390. The van der Waals surface area contributed by atoms with Crippen LogP contribution in [0, 0.1) is 19.8 Å². The number of halogens is 1. The molecule has 4 rings (SSSR count). The molecular weight excluding hydrogens is 400 g/mol. The van der Waals surface area contributed by atoms with E-state index in [9.17, 15) is 4.79 Å². The van der Waals surface area contributed by atoms with Gasteiger partial charge in [0.1, 0.15) is 5.52 Å². The molecule has 1 atom stereocenters. The fourth-order valence-corrected chi connectivity index (χ4v) is 4.26. The molecule has 0 radical (unpaired) electrons. The van der Waals surface area contributed by atoms with Crippen molar-refractivity contribution in [2.24, 2.45) is 5.92 Å². The van der Waals surface area contributed by atoms with E-state index in [4.69, 9.17) is 16.7 Å². The molecule has 0 saturated carbocycles. The van der Waals surface area contributed by atoms with Gasteiger partial charge in [-0.1, -0.05) is 18.5 Å². The van der Waals surface area contributed by atoms with Gasteiger partial charge in [0.15, 0.2) is 5.82 Å². The van der Waals surface area contributed by atoms with Gasteiger partial charge >= 0.3 is 0 Å². The fourth-order valence-electron chi connectivity index (χ4n) is 4.13. The molecule has 1 aliphatic rings. The van der Waals surface area contributed by atoms with Gasteiger partial charge < -0.3 is 10.2 Å². The third kappa shape index (κ3) is 3.86. The van der Waals surface area contributed by atoms with E-state index in [-0.39, 0.29) is 11.8 Å². The Balaban J connectivity index is 1.71. The summed E-state index contributed by atoms with van der Waals surface area (Å²) in [5.74, 6) is 0.836. The average Bonchev–Trinajstić information content (AvgIpc) is 3.11. The predicted molar refractivity (Wildman–Crippen MR) is 119 cm³/mol. The van der Waals surface area contributed by atoms with E-state index in [1.165, 1.54) is 0 Å². The molecule has 0 aliphatic carbocycles. The van der Waals surface area contributed by atoms with Crippen LogP contribution in [0.5, 0.6) is 0 Å². The van der Waals surface area contributed by atoms with E-state index < -0.39 is 0 Å². The smallest absolute Gasteiger partial charge is 0.224 e. The molecule has 30 heavy (non-hydrogen) atoms. The van der Waals surface area contributed by atoms with Crippen molar-refractivity contribution in [1.29, 1.82) is 0 Å². The van der Waals surface area contributed by atoms with Crippen molar-refractivity contribution in [2.45, 2.75) is 40.0 Å². The summed E-state index contributed by atoms with van der Waals surface area (Å²) >= 11 is 6.05. The molecule has 0 spiro atoms. The van der Waals surface area contributed by atoms with Crippen LogP contribution >= 0.6 is 11.6 Å². The van der Waals surface area contributed by atoms with Gasteiger partial charge in [-0.2, -0.15) is 10.2 Å². The lowest BCUT2D eigenvalue weighted by Crippen LogP contribution is -2.43. The lowest BCUT2D eigenvalue weighted by molar-refractivity contribution is -0.125. The maximum atomic E-state index is 12.5. The summed E-state index contributed by atoms with van der Waals surface area (Å²) in [6.07, 6.45) is 2.78. The normalized spacial score (nSPS) is 16.8. The monoisotopic (exact) mass is 426 g/mol. The summed E-state index contributed by atoms with van der Waals surface area (Å²) in [7, 11) is 0. The van der Waals surface area contributed by atoms with E-state index in [2.05, 4.69) is 27.3 Å². The van der Waals surface area contributed by atoms with Crippen LogP contribution in [0.3, 0.4) is 0 Å². The van der Waals surface area contributed by atoms with Crippen LogP contribution in [0.4, 0.5) is 5.82 Å². The summed E-state index contributed by atoms with van der Waals surface area (Å²) in [5.41, 5.74) is 3.62. The number of fused-ring (bicyclic) bond motifs is 1. The van der Waals surface area contributed by atoms with Crippen molar-refractivity contribution in [3.63, 3.8) is 0 Å². The molecule has 7 nitrogen and oxygen atoms in total. The van der Waals surface area contributed by atoms with E-state index >= 15 is 0 Å². The predicted octanol–water partition coefficient (Wildman–Crippen LogP) is 3.83. The number of nitrogens with one attached hydrogen (secondary N) is 1. The molecule has 1 saturated heterocycles. The van der Waals surface area contributed by atoms with Crippen LogP contribution < -0.4 is 10.2 Å². The second-order valence-corrected chi connectivity index (χ2v) is 8.32. The van der Waals surface area contributed by atoms with Gasteiger partial charge in [-0.15, -0.1) is 5.10 Å². The number of amides is 1. The highest BCUT2D eigenvalue weighted by Crippen LogP contribution is 2.31. The second kappa shape index (κ2) is 8.60. The molecule has 1 fully saturated rings. The molecule has 2 aromatic heterocycles. The Labute approximate surface area is 181 Å². The lowest BCUT2D eigenvalue weighted by Gasteiger charge is -2.32. The number of piperidine rings is 1.